The molecule has 0 atom stereocenters. The Morgan fingerprint density at radius 2 is 2.00 bits per heavy atom. The Balaban J connectivity index is 1.93. The van der Waals surface area contributed by atoms with E-state index in [-0.39, 0.29) is 5.91 Å². The van der Waals surface area contributed by atoms with Crippen LogP contribution in [0.15, 0.2) is 21.4 Å². The number of carbonyl (C=O) groups is 1. The quantitative estimate of drug-likeness (QED) is 0.929. The van der Waals surface area contributed by atoms with Crippen molar-refractivity contribution in [3.05, 3.63) is 22.6 Å². The number of rotatable bonds is 3. The molecule has 0 aliphatic heterocycles. The molecule has 94 valence electrons. The van der Waals surface area contributed by atoms with Crippen LogP contribution in [0.3, 0.4) is 0 Å². The minimum Gasteiger partial charge on any atom is -0.457 e. The molecule has 1 aliphatic rings. The summed E-state index contributed by atoms with van der Waals surface area (Å²) in [5.41, 5.74) is 1.16. The Bertz CT molecular complexity index is 434. The van der Waals surface area contributed by atoms with Crippen LogP contribution in [0.1, 0.15) is 38.1 Å². The number of hydrogen-bond donors (Lipinski definition) is 1. The topological polar surface area (TPSA) is 42.2 Å². The number of nitrogens with one attached hydrogen (secondary N) is 1. The van der Waals surface area contributed by atoms with Crippen LogP contribution in [0, 0.1) is 16.7 Å². The van der Waals surface area contributed by atoms with Gasteiger partial charge in [-0.1, -0.05) is 27.7 Å². The lowest BCUT2D eigenvalue weighted by molar-refractivity contribution is 0.0948. The van der Waals surface area contributed by atoms with Crippen LogP contribution in [0.2, 0.25) is 0 Å². The molecule has 3 nitrogen and oxygen atoms in total. The smallest absolute Gasteiger partial charge is 0.255 e. The summed E-state index contributed by atoms with van der Waals surface area (Å²) in [5.74, 6) is 0.453. The molecule has 2 rings (SSSR count). The third-order valence-electron chi connectivity index (χ3n) is 4.65. The maximum Gasteiger partial charge on any atom is 0.255 e. The molecule has 1 aromatic heterocycles. The van der Waals surface area contributed by atoms with Crippen molar-refractivity contribution in [3.8, 4) is 0 Å². The minimum absolute atomic E-state index is 0.0795. The highest BCUT2D eigenvalue weighted by molar-refractivity contribution is 9.10. The average Bonchev–Trinajstić information content (AvgIpc) is 2.55. The Kier molecular flexibility index (Phi) is 2.89. The van der Waals surface area contributed by atoms with Crippen molar-refractivity contribution >= 4 is 21.8 Å². The van der Waals surface area contributed by atoms with Crippen molar-refractivity contribution in [2.75, 3.05) is 6.54 Å². The molecule has 0 saturated heterocycles. The maximum absolute atomic E-state index is 11.9. The summed E-state index contributed by atoms with van der Waals surface area (Å²) in [7, 11) is 0. The van der Waals surface area contributed by atoms with E-state index in [2.05, 4.69) is 48.9 Å². The van der Waals surface area contributed by atoms with Gasteiger partial charge in [0.15, 0.2) is 4.67 Å². The average molecular weight is 300 g/mol. The molecular weight excluding hydrogens is 282 g/mol. The fourth-order valence-electron chi connectivity index (χ4n) is 2.59. The lowest BCUT2D eigenvalue weighted by Crippen LogP contribution is -2.27. The molecule has 0 radical (unpaired) electrons. The SMILES string of the molecule is CC1(C)C(CNC(=O)c2ccoc2Br)C1(C)C. The van der Waals surface area contributed by atoms with Crippen LogP contribution >= 0.6 is 15.9 Å². The van der Waals surface area contributed by atoms with Crippen LogP contribution in [0.5, 0.6) is 0 Å². The van der Waals surface area contributed by atoms with Crippen LogP contribution in [-0.2, 0) is 0 Å². The second-order valence-corrected chi connectivity index (χ2v) is 6.53. The van der Waals surface area contributed by atoms with Crippen molar-refractivity contribution in [3.63, 3.8) is 0 Å². The van der Waals surface area contributed by atoms with Crippen molar-refractivity contribution in [2.45, 2.75) is 27.7 Å². The van der Waals surface area contributed by atoms with Crippen LogP contribution in [-0.4, -0.2) is 12.5 Å². The van der Waals surface area contributed by atoms with Crippen LogP contribution in [0.4, 0.5) is 0 Å². The molecule has 1 heterocycles. The van der Waals surface area contributed by atoms with Gasteiger partial charge < -0.3 is 9.73 Å². The van der Waals surface area contributed by atoms with E-state index in [0.29, 0.717) is 27.0 Å². The lowest BCUT2D eigenvalue weighted by Gasteiger charge is -2.05. The summed E-state index contributed by atoms with van der Waals surface area (Å²) in [4.78, 5) is 11.9. The van der Waals surface area contributed by atoms with E-state index < -0.39 is 0 Å². The normalized spacial score (nSPS) is 21.2. The fourth-order valence-corrected chi connectivity index (χ4v) is 3.01. The van der Waals surface area contributed by atoms with Gasteiger partial charge in [0, 0.05) is 6.54 Å². The summed E-state index contributed by atoms with van der Waals surface area (Å²) in [5, 5.41) is 2.97. The highest BCUT2D eigenvalue weighted by atomic mass is 79.9. The molecule has 1 fully saturated rings. The van der Waals surface area contributed by atoms with E-state index in [1.54, 1.807) is 6.07 Å². The van der Waals surface area contributed by atoms with Crippen molar-refractivity contribution in [2.24, 2.45) is 16.7 Å². The molecule has 1 aromatic rings. The largest absolute Gasteiger partial charge is 0.457 e. The predicted octanol–water partition coefficient (Wildman–Crippen LogP) is 3.45. The number of hydrogen-bond acceptors (Lipinski definition) is 2. The van der Waals surface area contributed by atoms with Gasteiger partial charge in [-0.25, -0.2) is 0 Å². The molecule has 0 unspecified atom stereocenters. The molecule has 1 aliphatic carbocycles. The summed E-state index contributed by atoms with van der Waals surface area (Å²) in [6.07, 6.45) is 1.50. The van der Waals surface area contributed by atoms with Crippen molar-refractivity contribution in [1.29, 1.82) is 0 Å². The monoisotopic (exact) mass is 299 g/mol. The van der Waals surface area contributed by atoms with Crippen molar-refractivity contribution in [1.82, 2.24) is 5.32 Å². The van der Waals surface area contributed by atoms with E-state index in [9.17, 15) is 4.79 Å². The van der Waals surface area contributed by atoms with Gasteiger partial charge in [0.1, 0.15) is 0 Å². The summed E-state index contributed by atoms with van der Waals surface area (Å²) < 4.78 is 5.54. The van der Waals surface area contributed by atoms with Crippen LogP contribution < -0.4 is 5.32 Å². The second kappa shape index (κ2) is 3.87. The summed E-state index contributed by atoms with van der Waals surface area (Å²) >= 11 is 3.21. The van der Waals surface area contributed by atoms with Gasteiger partial charge >= 0.3 is 0 Å². The lowest BCUT2D eigenvalue weighted by atomic mass is 10.0. The standard InChI is InChI=1S/C13H18BrNO2/c1-12(2)9(13(12,3)4)7-15-11(16)8-5-6-17-10(8)14/h5-6,9H,7H2,1-4H3,(H,15,16). The van der Waals surface area contributed by atoms with Gasteiger partial charge in [-0.05, 0) is 38.7 Å². The number of halogens is 1. The molecule has 1 amide bonds. The predicted molar refractivity (Wildman–Crippen MR) is 69.8 cm³/mol. The molecule has 1 N–H and O–H groups in total. The third kappa shape index (κ3) is 1.92. The van der Waals surface area contributed by atoms with Crippen LogP contribution in [0.25, 0.3) is 0 Å². The highest BCUT2D eigenvalue weighted by Gasteiger charge is 2.64. The zero-order valence-corrected chi connectivity index (χ0v) is 12.2. The van der Waals surface area contributed by atoms with Gasteiger partial charge in [-0.15, -0.1) is 0 Å². The summed E-state index contributed by atoms with van der Waals surface area (Å²) in [6, 6.07) is 1.67. The number of carbonyl (C=O) groups excluding carboxylic acids is 1. The number of furan rings is 1. The highest BCUT2D eigenvalue weighted by Crippen LogP contribution is 2.67. The summed E-state index contributed by atoms with van der Waals surface area (Å²) in [6.45, 7) is 9.71. The Labute approximate surface area is 110 Å². The third-order valence-corrected chi connectivity index (χ3v) is 5.26. The molecule has 17 heavy (non-hydrogen) atoms. The van der Waals surface area contributed by atoms with E-state index in [1.807, 2.05) is 0 Å². The first-order chi connectivity index (χ1) is 7.78. The van der Waals surface area contributed by atoms with Gasteiger partial charge in [0.2, 0.25) is 0 Å². The zero-order chi connectivity index (χ0) is 12.8. The first-order valence-electron chi connectivity index (χ1n) is 5.79. The Morgan fingerprint density at radius 3 is 2.41 bits per heavy atom. The molecule has 0 aromatic carbocycles. The molecule has 0 bridgehead atoms. The van der Waals surface area contributed by atoms with Gasteiger partial charge in [0.25, 0.3) is 5.91 Å². The van der Waals surface area contributed by atoms with Gasteiger partial charge in [0.05, 0.1) is 11.8 Å². The molecule has 4 heteroatoms. The second-order valence-electron chi connectivity index (χ2n) is 5.81. The van der Waals surface area contributed by atoms with Gasteiger partial charge in [-0.3, -0.25) is 4.79 Å². The van der Waals surface area contributed by atoms with E-state index in [4.69, 9.17) is 4.42 Å². The molecule has 1 saturated carbocycles. The first kappa shape index (κ1) is 12.7. The fraction of sp³-hybridized carbons (Fsp3) is 0.615. The zero-order valence-electron chi connectivity index (χ0n) is 10.6. The van der Waals surface area contributed by atoms with Gasteiger partial charge in [-0.2, -0.15) is 0 Å². The Hall–Kier alpha value is -0.770. The van der Waals surface area contributed by atoms with E-state index >= 15 is 0 Å². The minimum atomic E-state index is -0.0795. The van der Waals surface area contributed by atoms with E-state index in [0.717, 1.165) is 6.54 Å². The van der Waals surface area contributed by atoms with E-state index in [1.165, 1.54) is 6.26 Å². The van der Waals surface area contributed by atoms with Crippen molar-refractivity contribution < 1.29 is 9.21 Å². The maximum atomic E-state index is 11.9. The Morgan fingerprint density at radius 1 is 1.41 bits per heavy atom. The first-order valence-corrected chi connectivity index (χ1v) is 6.59. The molecular formula is C13H18BrNO2. The molecule has 0 spiro atoms. The number of amides is 1.